The summed E-state index contributed by atoms with van der Waals surface area (Å²) in [4.78, 5) is 11.9. The summed E-state index contributed by atoms with van der Waals surface area (Å²) in [6.07, 6.45) is 7.34. The lowest BCUT2D eigenvalue weighted by atomic mass is 9.96. The molecule has 0 N–H and O–H groups in total. The van der Waals surface area contributed by atoms with Gasteiger partial charge in [0.2, 0.25) is 0 Å². The Morgan fingerprint density at radius 3 is 2.67 bits per heavy atom. The van der Waals surface area contributed by atoms with E-state index in [1.807, 2.05) is 48.8 Å². The summed E-state index contributed by atoms with van der Waals surface area (Å²) < 4.78 is 8.27. The average Bonchev–Trinajstić information content (AvgIpc) is 3.08. The molecule has 5 heteroatoms. The average molecular weight is 364 g/mol. The standard InChI is InChI=1S/C22H28N4O/c1-2-12-25-13-9-18(10-14-25)22-24-20-8-11-23-17-21(20)26(22)15-16-27-19-6-4-3-5-7-19/h3-8,11,17-18H,2,9-10,12-16H2,1H3. The first-order chi connectivity index (χ1) is 13.3. The van der Waals surface area contributed by atoms with E-state index < -0.39 is 0 Å². The molecule has 0 aliphatic carbocycles. The Morgan fingerprint density at radius 1 is 1.07 bits per heavy atom. The lowest BCUT2D eigenvalue weighted by molar-refractivity contribution is 0.207. The molecule has 1 aliphatic heterocycles. The third kappa shape index (κ3) is 4.14. The summed E-state index contributed by atoms with van der Waals surface area (Å²) in [7, 11) is 0. The predicted octanol–water partition coefficient (Wildman–Crippen LogP) is 4.10. The molecular formula is C22H28N4O. The van der Waals surface area contributed by atoms with Crippen LogP contribution in [0.1, 0.15) is 37.9 Å². The van der Waals surface area contributed by atoms with Gasteiger partial charge in [0.25, 0.3) is 0 Å². The van der Waals surface area contributed by atoms with Gasteiger partial charge in [0, 0.05) is 12.1 Å². The minimum absolute atomic E-state index is 0.516. The van der Waals surface area contributed by atoms with Crippen LogP contribution in [0.15, 0.2) is 48.8 Å². The predicted molar refractivity (Wildman–Crippen MR) is 108 cm³/mol. The van der Waals surface area contributed by atoms with E-state index in [4.69, 9.17) is 9.72 Å². The van der Waals surface area contributed by atoms with Crippen molar-refractivity contribution in [2.75, 3.05) is 26.2 Å². The first kappa shape index (κ1) is 18.0. The second kappa shape index (κ2) is 8.53. The lowest BCUT2D eigenvalue weighted by Gasteiger charge is -2.31. The van der Waals surface area contributed by atoms with Gasteiger partial charge < -0.3 is 14.2 Å². The van der Waals surface area contributed by atoms with Crippen molar-refractivity contribution >= 4 is 11.0 Å². The number of likely N-dealkylation sites (tertiary alicyclic amines) is 1. The minimum Gasteiger partial charge on any atom is -0.492 e. The maximum atomic E-state index is 5.94. The van der Waals surface area contributed by atoms with Crippen molar-refractivity contribution in [1.29, 1.82) is 0 Å². The molecule has 0 saturated carbocycles. The molecule has 0 unspecified atom stereocenters. The van der Waals surface area contributed by atoms with Gasteiger partial charge in [0.05, 0.1) is 23.8 Å². The van der Waals surface area contributed by atoms with Crippen molar-refractivity contribution in [1.82, 2.24) is 19.4 Å². The quantitative estimate of drug-likeness (QED) is 0.633. The van der Waals surface area contributed by atoms with E-state index in [-0.39, 0.29) is 0 Å². The van der Waals surface area contributed by atoms with Gasteiger partial charge in [0.15, 0.2) is 0 Å². The Morgan fingerprint density at radius 2 is 1.89 bits per heavy atom. The Balaban J connectivity index is 1.51. The van der Waals surface area contributed by atoms with Crippen LogP contribution in [0.5, 0.6) is 5.75 Å². The van der Waals surface area contributed by atoms with Crippen molar-refractivity contribution in [3.8, 4) is 5.75 Å². The van der Waals surface area contributed by atoms with Gasteiger partial charge in [-0.15, -0.1) is 0 Å². The third-order valence-corrected chi connectivity index (χ3v) is 5.40. The molecule has 1 fully saturated rings. The number of para-hydroxylation sites is 1. The molecule has 5 nitrogen and oxygen atoms in total. The number of hydrogen-bond acceptors (Lipinski definition) is 4. The normalized spacial score (nSPS) is 16.0. The highest BCUT2D eigenvalue weighted by molar-refractivity contribution is 5.74. The van der Waals surface area contributed by atoms with Crippen molar-refractivity contribution < 1.29 is 4.74 Å². The van der Waals surface area contributed by atoms with Crippen LogP contribution >= 0.6 is 0 Å². The molecule has 0 amide bonds. The zero-order valence-electron chi connectivity index (χ0n) is 16.1. The fraction of sp³-hybridized carbons (Fsp3) is 0.455. The maximum absolute atomic E-state index is 5.94. The van der Waals surface area contributed by atoms with Crippen LogP contribution in [-0.4, -0.2) is 45.7 Å². The molecule has 0 spiro atoms. The van der Waals surface area contributed by atoms with Gasteiger partial charge in [-0.2, -0.15) is 0 Å². The van der Waals surface area contributed by atoms with Crippen molar-refractivity contribution in [2.24, 2.45) is 0 Å². The van der Waals surface area contributed by atoms with Crippen LogP contribution in [0.3, 0.4) is 0 Å². The molecule has 1 aliphatic rings. The van der Waals surface area contributed by atoms with E-state index in [2.05, 4.69) is 21.4 Å². The molecule has 2 aromatic heterocycles. The zero-order valence-corrected chi connectivity index (χ0v) is 16.1. The Labute approximate surface area is 161 Å². The van der Waals surface area contributed by atoms with Crippen LogP contribution in [0.25, 0.3) is 11.0 Å². The van der Waals surface area contributed by atoms with E-state index in [1.165, 1.54) is 44.7 Å². The summed E-state index contributed by atoms with van der Waals surface area (Å²) in [5, 5.41) is 0. The number of hydrogen-bond donors (Lipinski definition) is 0. The van der Waals surface area contributed by atoms with Crippen LogP contribution in [0.2, 0.25) is 0 Å². The molecule has 142 valence electrons. The van der Waals surface area contributed by atoms with E-state index in [1.54, 1.807) is 0 Å². The van der Waals surface area contributed by atoms with Crippen molar-refractivity contribution in [2.45, 2.75) is 38.6 Å². The molecule has 3 aromatic rings. The van der Waals surface area contributed by atoms with Crippen LogP contribution in [0, 0.1) is 0 Å². The van der Waals surface area contributed by atoms with Crippen LogP contribution in [0.4, 0.5) is 0 Å². The summed E-state index contributed by atoms with van der Waals surface area (Å²) in [6, 6.07) is 12.0. The number of benzene rings is 1. The topological polar surface area (TPSA) is 43.2 Å². The van der Waals surface area contributed by atoms with Gasteiger partial charge in [-0.1, -0.05) is 25.1 Å². The number of piperidine rings is 1. The SMILES string of the molecule is CCCN1CCC(c2nc3ccncc3n2CCOc2ccccc2)CC1. The molecule has 0 radical (unpaired) electrons. The molecule has 0 atom stereocenters. The molecule has 0 bridgehead atoms. The molecule has 1 saturated heterocycles. The van der Waals surface area contributed by atoms with Crippen molar-refractivity contribution in [3.05, 3.63) is 54.6 Å². The van der Waals surface area contributed by atoms with E-state index >= 15 is 0 Å². The third-order valence-electron chi connectivity index (χ3n) is 5.40. The first-order valence-corrected chi connectivity index (χ1v) is 10.1. The Kier molecular flexibility index (Phi) is 5.68. The number of pyridine rings is 1. The second-order valence-electron chi connectivity index (χ2n) is 7.26. The highest BCUT2D eigenvalue weighted by Gasteiger charge is 2.25. The van der Waals surface area contributed by atoms with Gasteiger partial charge in [-0.05, 0) is 57.1 Å². The van der Waals surface area contributed by atoms with Gasteiger partial charge >= 0.3 is 0 Å². The smallest absolute Gasteiger partial charge is 0.119 e. The van der Waals surface area contributed by atoms with E-state index in [0.29, 0.717) is 12.5 Å². The molecule has 4 rings (SSSR count). The van der Waals surface area contributed by atoms with Gasteiger partial charge in [0.1, 0.15) is 18.2 Å². The summed E-state index contributed by atoms with van der Waals surface area (Å²) in [5.74, 6) is 2.63. The minimum atomic E-state index is 0.516. The summed E-state index contributed by atoms with van der Waals surface area (Å²) >= 11 is 0. The molecular weight excluding hydrogens is 336 g/mol. The number of rotatable bonds is 7. The largest absolute Gasteiger partial charge is 0.492 e. The molecule has 1 aromatic carbocycles. The van der Waals surface area contributed by atoms with E-state index in [0.717, 1.165) is 23.3 Å². The van der Waals surface area contributed by atoms with E-state index in [9.17, 15) is 0 Å². The highest BCUT2D eigenvalue weighted by atomic mass is 16.5. The maximum Gasteiger partial charge on any atom is 0.119 e. The Bertz CT molecular complexity index is 853. The highest BCUT2D eigenvalue weighted by Crippen LogP contribution is 2.30. The molecule has 27 heavy (non-hydrogen) atoms. The fourth-order valence-corrected chi connectivity index (χ4v) is 4.04. The fourth-order valence-electron chi connectivity index (χ4n) is 4.04. The molecule has 3 heterocycles. The van der Waals surface area contributed by atoms with Crippen molar-refractivity contribution in [3.63, 3.8) is 0 Å². The zero-order chi connectivity index (χ0) is 18.5. The second-order valence-corrected chi connectivity index (χ2v) is 7.26. The summed E-state index contributed by atoms with van der Waals surface area (Å²) in [5.41, 5.74) is 2.15. The number of ether oxygens (including phenoxy) is 1. The first-order valence-electron chi connectivity index (χ1n) is 10.1. The number of fused-ring (bicyclic) bond motifs is 1. The monoisotopic (exact) mass is 364 g/mol. The number of nitrogens with zero attached hydrogens (tertiary/aromatic N) is 4. The van der Waals surface area contributed by atoms with Gasteiger partial charge in [-0.3, -0.25) is 4.98 Å². The lowest BCUT2D eigenvalue weighted by Crippen LogP contribution is -2.34. The number of imidazole rings is 1. The summed E-state index contributed by atoms with van der Waals surface area (Å²) in [6.45, 7) is 7.22. The van der Waals surface area contributed by atoms with Crippen LogP contribution in [-0.2, 0) is 6.54 Å². The van der Waals surface area contributed by atoms with Gasteiger partial charge in [-0.25, -0.2) is 4.98 Å². The van der Waals surface area contributed by atoms with Crippen LogP contribution < -0.4 is 4.74 Å². The Hall–Kier alpha value is -2.40. The number of aromatic nitrogens is 3.